The van der Waals surface area contributed by atoms with Crippen molar-refractivity contribution in [3.05, 3.63) is 35.5 Å². The summed E-state index contributed by atoms with van der Waals surface area (Å²) in [6.07, 6.45) is 7.32. The summed E-state index contributed by atoms with van der Waals surface area (Å²) in [7, 11) is 0. The molecule has 0 aliphatic heterocycles. The number of hydrogen-bond acceptors (Lipinski definition) is 2. The Kier molecular flexibility index (Phi) is 5.68. The summed E-state index contributed by atoms with van der Waals surface area (Å²) < 4.78 is 0. The van der Waals surface area contributed by atoms with Crippen LogP contribution in [0.15, 0.2) is 35.5 Å². The molecule has 2 aliphatic carbocycles. The van der Waals surface area contributed by atoms with Gasteiger partial charge in [0.05, 0.1) is 12.2 Å². The van der Waals surface area contributed by atoms with Crippen LogP contribution in [0.3, 0.4) is 0 Å². The van der Waals surface area contributed by atoms with Gasteiger partial charge in [-0.3, -0.25) is 0 Å². The van der Waals surface area contributed by atoms with Gasteiger partial charge in [0.25, 0.3) is 0 Å². The van der Waals surface area contributed by atoms with Crippen molar-refractivity contribution in [3.8, 4) is 0 Å². The molecule has 22 heavy (non-hydrogen) atoms. The third-order valence-corrected chi connectivity index (χ3v) is 5.76. The maximum Gasteiger partial charge on any atom is 0.0754 e. The highest BCUT2D eigenvalue weighted by Gasteiger charge is 2.44. The molecule has 0 saturated heterocycles. The number of aliphatic hydroxyl groups excluding tert-OH is 2. The minimum absolute atomic E-state index is 0.147. The monoisotopic (exact) mass is 304 g/mol. The Balaban J connectivity index is 2.14. The predicted octanol–water partition coefficient (Wildman–Crippen LogP) is 4.25. The fourth-order valence-corrected chi connectivity index (χ4v) is 4.28. The summed E-state index contributed by atoms with van der Waals surface area (Å²) in [5.41, 5.74) is 3.54. The van der Waals surface area contributed by atoms with Gasteiger partial charge in [-0.2, -0.15) is 0 Å². The molecule has 0 heterocycles. The molecule has 124 valence electrons. The van der Waals surface area contributed by atoms with Crippen molar-refractivity contribution in [2.24, 2.45) is 23.7 Å². The lowest BCUT2D eigenvalue weighted by molar-refractivity contribution is 0.0219. The molecule has 0 aromatic heterocycles. The molecule has 2 heteroatoms. The van der Waals surface area contributed by atoms with Crippen LogP contribution in [0.5, 0.6) is 0 Å². The van der Waals surface area contributed by atoms with E-state index < -0.39 is 6.10 Å². The van der Waals surface area contributed by atoms with Gasteiger partial charge in [-0.1, -0.05) is 36.8 Å². The van der Waals surface area contributed by atoms with Crippen LogP contribution < -0.4 is 0 Å². The normalized spacial score (nSPS) is 36.4. The van der Waals surface area contributed by atoms with Crippen molar-refractivity contribution in [3.63, 3.8) is 0 Å². The molecule has 2 N–H and O–H groups in total. The summed E-state index contributed by atoms with van der Waals surface area (Å²) >= 11 is 0. The Labute approximate surface area is 135 Å². The molecule has 1 fully saturated rings. The van der Waals surface area contributed by atoms with Crippen LogP contribution in [-0.2, 0) is 0 Å². The second kappa shape index (κ2) is 7.14. The molecule has 0 bridgehead atoms. The molecule has 2 nitrogen and oxygen atoms in total. The van der Waals surface area contributed by atoms with E-state index in [9.17, 15) is 10.2 Å². The highest BCUT2D eigenvalue weighted by atomic mass is 16.3. The van der Waals surface area contributed by atoms with Gasteiger partial charge >= 0.3 is 0 Å². The molecule has 0 unspecified atom stereocenters. The summed E-state index contributed by atoms with van der Waals surface area (Å²) in [5, 5.41) is 21.5. The zero-order chi connectivity index (χ0) is 16.4. The largest absolute Gasteiger partial charge is 0.392 e. The van der Waals surface area contributed by atoms with Crippen molar-refractivity contribution in [1.82, 2.24) is 0 Å². The standard InChI is InChI=1S/C20H32O2/c1-12(2)7-6-8-13(3)17-11-18(21)15(5)16-10-9-14(4)19(16)20(17)22/h7,9,13,16-22H,5-6,8,10-11H2,1-4H3/t13-,16+,17+,18+,19-,20-/m1/s1. The van der Waals surface area contributed by atoms with Crippen LogP contribution in [0.2, 0.25) is 0 Å². The molecule has 0 aromatic rings. The van der Waals surface area contributed by atoms with Crippen molar-refractivity contribution in [2.75, 3.05) is 0 Å². The molecule has 1 saturated carbocycles. The SMILES string of the molecule is C=C1[C@@H](O)C[C@@H]([C@H](C)CCC=C(C)C)[C@@H](O)[C@@H]2C(C)=CC[C@@H]12. The highest BCUT2D eigenvalue weighted by molar-refractivity contribution is 5.26. The minimum atomic E-state index is -0.472. The van der Waals surface area contributed by atoms with Gasteiger partial charge < -0.3 is 10.2 Å². The van der Waals surface area contributed by atoms with E-state index in [0.29, 0.717) is 12.3 Å². The Morgan fingerprint density at radius 3 is 2.73 bits per heavy atom. The van der Waals surface area contributed by atoms with E-state index in [1.807, 2.05) is 0 Å². The van der Waals surface area contributed by atoms with Crippen LogP contribution in [0.4, 0.5) is 0 Å². The van der Waals surface area contributed by atoms with Crippen LogP contribution >= 0.6 is 0 Å². The van der Waals surface area contributed by atoms with E-state index in [1.165, 1.54) is 11.1 Å². The van der Waals surface area contributed by atoms with Gasteiger partial charge in [0.2, 0.25) is 0 Å². The average molecular weight is 304 g/mol. The number of hydrogen-bond donors (Lipinski definition) is 2. The number of aliphatic hydroxyl groups is 2. The third kappa shape index (κ3) is 3.55. The van der Waals surface area contributed by atoms with Crippen LogP contribution in [0, 0.1) is 23.7 Å². The summed E-state index contributed by atoms with van der Waals surface area (Å²) in [6, 6.07) is 0. The van der Waals surface area contributed by atoms with Gasteiger partial charge in [-0.05, 0) is 69.8 Å². The Morgan fingerprint density at radius 2 is 2.09 bits per heavy atom. The van der Waals surface area contributed by atoms with E-state index in [4.69, 9.17) is 0 Å². The second-order valence-corrected chi connectivity index (χ2v) is 7.63. The summed E-state index contributed by atoms with van der Waals surface area (Å²) in [4.78, 5) is 0. The first-order valence-corrected chi connectivity index (χ1v) is 8.67. The maximum absolute atomic E-state index is 11.0. The van der Waals surface area contributed by atoms with Gasteiger partial charge in [-0.25, -0.2) is 0 Å². The quantitative estimate of drug-likeness (QED) is 0.762. The lowest BCUT2D eigenvalue weighted by Gasteiger charge is -2.32. The lowest BCUT2D eigenvalue weighted by atomic mass is 9.76. The predicted molar refractivity (Wildman–Crippen MR) is 92.4 cm³/mol. The number of rotatable bonds is 4. The number of fused-ring (bicyclic) bond motifs is 1. The Hall–Kier alpha value is -0.860. The summed E-state index contributed by atoms with van der Waals surface area (Å²) in [5.74, 6) is 0.925. The Morgan fingerprint density at radius 1 is 1.41 bits per heavy atom. The van der Waals surface area contributed by atoms with E-state index in [-0.39, 0.29) is 23.9 Å². The third-order valence-electron chi connectivity index (χ3n) is 5.76. The van der Waals surface area contributed by atoms with E-state index in [0.717, 1.165) is 24.8 Å². The smallest absolute Gasteiger partial charge is 0.0754 e. The molecule has 0 spiro atoms. The molecule has 0 radical (unpaired) electrons. The van der Waals surface area contributed by atoms with Crippen molar-refractivity contribution < 1.29 is 10.2 Å². The van der Waals surface area contributed by atoms with Crippen LogP contribution in [0.25, 0.3) is 0 Å². The molecular weight excluding hydrogens is 272 g/mol. The molecular formula is C20H32O2. The van der Waals surface area contributed by atoms with Crippen molar-refractivity contribution in [1.29, 1.82) is 0 Å². The van der Waals surface area contributed by atoms with E-state index in [1.54, 1.807) is 0 Å². The lowest BCUT2D eigenvalue weighted by Crippen LogP contribution is -2.34. The van der Waals surface area contributed by atoms with E-state index in [2.05, 4.69) is 46.4 Å². The minimum Gasteiger partial charge on any atom is -0.392 e. The average Bonchev–Trinajstić information content (AvgIpc) is 2.79. The van der Waals surface area contributed by atoms with Crippen molar-refractivity contribution >= 4 is 0 Å². The first-order valence-electron chi connectivity index (χ1n) is 8.67. The van der Waals surface area contributed by atoms with Gasteiger partial charge in [0.1, 0.15) is 0 Å². The summed E-state index contributed by atoms with van der Waals surface area (Å²) in [6.45, 7) is 12.7. The molecule has 2 aliphatic rings. The van der Waals surface area contributed by atoms with Crippen molar-refractivity contribution in [2.45, 2.75) is 65.6 Å². The van der Waals surface area contributed by atoms with Gasteiger partial charge in [-0.15, -0.1) is 0 Å². The van der Waals surface area contributed by atoms with Gasteiger partial charge in [0.15, 0.2) is 0 Å². The first kappa shape index (κ1) is 17.5. The molecule has 2 rings (SSSR count). The maximum atomic E-state index is 11.0. The molecule has 0 aromatic carbocycles. The zero-order valence-corrected chi connectivity index (χ0v) is 14.5. The first-order chi connectivity index (χ1) is 10.3. The van der Waals surface area contributed by atoms with E-state index >= 15 is 0 Å². The van der Waals surface area contributed by atoms with Crippen LogP contribution in [0.1, 0.15) is 53.4 Å². The molecule has 6 atom stereocenters. The van der Waals surface area contributed by atoms with Crippen LogP contribution in [-0.4, -0.2) is 22.4 Å². The fourth-order valence-electron chi connectivity index (χ4n) is 4.28. The highest BCUT2D eigenvalue weighted by Crippen LogP contribution is 2.47. The topological polar surface area (TPSA) is 40.5 Å². The zero-order valence-electron chi connectivity index (χ0n) is 14.5. The Bertz CT molecular complexity index is 470. The van der Waals surface area contributed by atoms with Gasteiger partial charge in [0, 0.05) is 5.92 Å². The number of allylic oxidation sites excluding steroid dienone is 3. The second-order valence-electron chi connectivity index (χ2n) is 7.63. The fraction of sp³-hybridized carbons (Fsp3) is 0.700. The molecule has 0 amide bonds.